The summed E-state index contributed by atoms with van der Waals surface area (Å²) in [6.45, 7) is 0.422. The van der Waals surface area contributed by atoms with Gasteiger partial charge in [-0.1, -0.05) is 11.6 Å². The number of carboxylic acid groups (broad SMARTS) is 1. The van der Waals surface area contributed by atoms with E-state index in [1.165, 1.54) is 29.5 Å². The summed E-state index contributed by atoms with van der Waals surface area (Å²) in [7, 11) is 0. The van der Waals surface area contributed by atoms with Crippen molar-refractivity contribution in [3.05, 3.63) is 45.4 Å². The predicted octanol–water partition coefficient (Wildman–Crippen LogP) is 2.86. The van der Waals surface area contributed by atoms with E-state index in [1.807, 2.05) is 5.38 Å². The molecule has 0 radical (unpaired) electrons. The topological polar surface area (TPSA) is 91.3 Å². The monoisotopic (exact) mass is 325 g/mol. The van der Waals surface area contributed by atoms with Crippen LogP contribution >= 0.6 is 22.9 Å². The molecular weight excluding hydrogens is 314 g/mol. The fourth-order valence-corrected chi connectivity index (χ4v) is 2.34. The third kappa shape index (κ3) is 4.44. The molecule has 0 spiro atoms. The molecule has 0 aliphatic rings. The highest BCUT2D eigenvalue weighted by atomic mass is 35.5. The number of carboxylic acids is 1. The highest BCUT2D eigenvalue weighted by Crippen LogP contribution is 2.22. The summed E-state index contributed by atoms with van der Waals surface area (Å²) in [5, 5.41) is 16.3. The Balaban J connectivity index is 1.90. The zero-order valence-electron chi connectivity index (χ0n) is 10.8. The van der Waals surface area contributed by atoms with Gasteiger partial charge in [0.1, 0.15) is 0 Å². The van der Waals surface area contributed by atoms with Crippen LogP contribution in [0, 0.1) is 0 Å². The second kappa shape index (κ2) is 7.05. The van der Waals surface area contributed by atoms with Gasteiger partial charge in [0.15, 0.2) is 0 Å². The number of hydrogen-bond donors (Lipinski definition) is 3. The number of urea groups is 1. The molecule has 3 N–H and O–H groups in total. The summed E-state index contributed by atoms with van der Waals surface area (Å²) in [6.07, 6.45) is 0.625. The van der Waals surface area contributed by atoms with E-state index in [4.69, 9.17) is 16.7 Å². The summed E-state index contributed by atoms with van der Waals surface area (Å²) < 4.78 is 0. The van der Waals surface area contributed by atoms with Gasteiger partial charge in [0, 0.05) is 18.3 Å². The molecule has 2 aromatic rings. The molecule has 0 aliphatic heterocycles. The van der Waals surface area contributed by atoms with Crippen LogP contribution < -0.4 is 10.6 Å². The number of hydrogen-bond acceptors (Lipinski definition) is 4. The number of nitrogens with zero attached hydrogens (tertiary/aromatic N) is 1. The molecule has 0 saturated carbocycles. The zero-order chi connectivity index (χ0) is 15.2. The Morgan fingerprint density at radius 1 is 1.38 bits per heavy atom. The van der Waals surface area contributed by atoms with E-state index in [0.717, 1.165) is 5.69 Å². The van der Waals surface area contributed by atoms with E-state index in [1.54, 1.807) is 5.51 Å². The molecule has 0 unspecified atom stereocenters. The van der Waals surface area contributed by atoms with Crippen LogP contribution in [-0.2, 0) is 6.42 Å². The first-order chi connectivity index (χ1) is 10.1. The molecule has 8 heteroatoms. The first-order valence-electron chi connectivity index (χ1n) is 6.01. The molecule has 2 rings (SSSR count). The van der Waals surface area contributed by atoms with Gasteiger partial charge in [-0.2, -0.15) is 0 Å². The molecule has 0 fully saturated rings. The number of thiazole rings is 1. The normalized spacial score (nSPS) is 10.1. The largest absolute Gasteiger partial charge is 0.478 e. The summed E-state index contributed by atoms with van der Waals surface area (Å²) in [5.41, 5.74) is 2.94. The van der Waals surface area contributed by atoms with E-state index >= 15 is 0 Å². The minimum atomic E-state index is -1.08. The summed E-state index contributed by atoms with van der Waals surface area (Å²) in [5.74, 6) is -1.08. The van der Waals surface area contributed by atoms with Gasteiger partial charge in [-0.05, 0) is 18.2 Å². The van der Waals surface area contributed by atoms with Gasteiger partial charge < -0.3 is 15.7 Å². The fraction of sp³-hybridized carbons (Fsp3) is 0.154. The Morgan fingerprint density at radius 2 is 2.19 bits per heavy atom. The number of halogens is 1. The van der Waals surface area contributed by atoms with Gasteiger partial charge in [0.05, 0.1) is 27.5 Å². The number of carbonyl (C=O) groups excluding carboxylic acids is 1. The van der Waals surface area contributed by atoms with Crippen molar-refractivity contribution < 1.29 is 14.7 Å². The van der Waals surface area contributed by atoms with Crippen molar-refractivity contribution in [3.8, 4) is 0 Å². The summed E-state index contributed by atoms with van der Waals surface area (Å²) in [4.78, 5) is 26.7. The van der Waals surface area contributed by atoms with Crippen LogP contribution in [0.5, 0.6) is 0 Å². The third-order valence-electron chi connectivity index (χ3n) is 2.61. The lowest BCUT2D eigenvalue weighted by atomic mass is 10.2. The molecule has 0 aliphatic carbocycles. The first kappa shape index (κ1) is 15.3. The Hall–Kier alpha value is -2.12. The minimum Gasteiger partial charge on any atom is -0.478 e. The third-order valence-corrected chi connectivity index (χ3v) is 3.58. The maximum Gasteiger partial charge on any atom is 0.335 e. The van der Waals surface area contributed by atoms with Crippen molar-refractivity contribution in [2.45, 2.75) is 6.42 Å². The number of aromatic carboxylic acids is 1. The number of rotatable bonds is 5. The Labute approximate surface area is 129 Å². The van der Waals surface area contributed by atoms with E-state index in [-0.39, 0.29) is 16.3 Å². The molecular formula is C13H12ClN3O3S. The molecule has 1 aromatic carbocycles. The molecule has 2 amide bonds. The second-order valence-electron chi connectivity index (χ2n) is 4.11. The van der Waals surface area contributed by atoms with Crippen LogP contribution in [0.4, 0.5) is 10.5 Å². The number of carbonyl (C=O) groups is 2. The molecule has 21 heavy (non-hydrogen) atoms. The average Bonchev–Trinajstić information content (AvgIpc) is 2.94. The molecule has 110 valence electrons. The van der Waals surface area contributed by atoms with E-state index < -0.39 is 12.0 Å². The summed E-state index contributed by atoms with van der Waals surface area (Å²) in [6, 6.07) is 3.66. The lowest BCUT2D eigenvalue weighted by molar-refractivity contribution is 0.0697. The highest BCUT2D eigenvalue weighted by Gasteiger charge is 2.09. The van der Waals surface area contributed by atoms with Crippen LogP contribution in [0.15, 0.2) is 29.1 Å². The van der Waals surface area contributed by atoms with Crippen LogP contribution in [0.1, 0.15) is 16.1 Å². The van der Waals surface area contributed by atoms with Crippen molar-refractivity contribution in [1.82, 2.24) is 10.3 Å². The van der Waals surface area contributed by atoms with Crippen molar-refractivity contribution in [1.29, 1.82) is 0 Å². The molecule has 1 aromatic heterocycles. The van der Waals surface area contributed by atoms with Crippen molar-refractivity contribution in [2.75, 3.05) is 11.9 Å². The SMILES string of the molecule is O=C(NCCc1cscn1)Nc1cc(C(=O)O)ccc1Cl. The highest BCUT2D eigenvalue weighted by molar-refractivity contribution is 7.07. The molecule has 0 atom stereocenters. The van der Waals surface area contributed by atoms with E-state index in [9.17, 15) is 9.59 Å². The number of anilines is 1. The molecule has 0 bridgehead atoms. The maximum atomic E-state index is 11.7. The van der Waals surface area contributed by atoms with Gasteiger partial charge >= 0.3 is 12.0 Å². The van der Waals surface area contributed by atoms with Crippen LogP contribution in [-0.4, -0.2) is 28.6 Å². The van der Waals surface area contributed by atoms with Crippen LogP contribution in [0.3, 0.4) is 0 Å². The standard InChI is InChI=1S/C13H12ClN3O3S/c14-10-2-1-8(12(18)19)5-11(10)17-13(20)15-4-3-9-6-21-7-16-9/h1-2,5-7H,3-4H2,(H,18,19)(H2,15,17,20). The Kier molecular flexibility index (Phi) is 5.13. The van der Waals surface area contributed by atoms with E-state index in [0.29, 0.717) is 13.0 Å². The van der Waals surface area contributed by atoms with Gasteiger partial charge in [-0.3, -0.25) is 0 Å². The minimum absolute atomic E-state index is 0.0529. The fourth-order valence-electron chi connectivity index (χ4n) is 1.59. The van der Waals surface area contributed by atoms with Crippen LogP contribution in [0.25, 0.3) is 0 Å². The quantitative estimate of drug-likeness (QED) is 0.788. The predicted molar refractivity (Wildman–Crippen MR) is 81.3 cm³/mol. The van der Waals surface area contributed by atoms with Gasteiger partial charge in [0.25, 0.3) is 0 Å². The number of benzene rings is 1. The van der Waals surface area contributed by atoms with Crippen molar-refractivity contribution in [2.24, 2.45) is 0 Å². The number of amides is 2. The lowest BCUT2D eigenvalue weighted by Crippen LogP contribution is -2.30. The van der Waals surface area contributed by atoms with Crippen LogP contribution in [0.2, 0.25) is 5.02 Å². The Bertz CT molecular complexity index is 646. The first-order valence-corrected chi connectivity index (χ1v) is 7.33. The van der Waals surface area contributed by atoms with Crippen molar-refractivity contribution in [3.63, 3.8) is 0 Å². The van der Waals surface area contributed by atoms with E-state index in [2.05, 4.69) is 15.6 Å². The van der Waals surface area contributed by atoms with Crippen molar-refractivity contribution >= 4 is 40.6 Å². The van der Waals surface area contributed by atoms with Gasteiger partial charge in [0.2, 0.25) is 0 Å². The zero-order valence-corrected chi connectivity index (χ0v) is 12.4. The average molecular weight is 326 g/mol. The maximum absolute atomic E-state index is 11.7. The molecule has 6 nitrogen and oxygen atoms in total. The lowest BCUT2D eigenvalue weighted by Gasteiger charge is -2.09. The number of aromatic nitrogens is 1. The molecule has 0 saturated heterocycles. The van der Waals surface area contributed by atoms with Gasteiger partial charge in [-0.15, -0.1) is 11.3 Å². The number of nitrogens with one attached hydrogen (secondary N) is 2. The van der Waals surface area contributed by atoms with Gasteiger partial charge in [-0.25, -0.2) is 14.6 Å². The summed E-state index contributed by atoms with van der Waals surface area (Å²) >= 11 is 7.41. The second-order valence-corrected chi connectivity index (χ2v) is 5.24. The molecule has 1 heterocycles. The smallest absolute Gasteiger partial charge is 0.335 e. The Morgan fingerprint density at radius 3 is 2.86 bits per heavy atom.